The topological polar surface area (TPSA) is 139 Å². The number of benzene rings is 2. The van der Waals surface area contributed by atoms with Crippen LogP contribution in [0.3, 0.4) is 0 Å². The van der Waals surface area contributed by atoms with Crippen molar-refractivity contribution in [3.05, 3.63) is 78.9 Å². The molecule has 0 fully saturated rings. The highest BCUT2D eigenvalue weighted by Gasteiger charge is 2.15. The van der Waals surface area contributed by atoms with Crippen LogP contribution < -0.4 is 0 Å². The van der Waals surface area contributed by atoms with Crippen molar-refractivity contribution in [3.63, 3.8) is 0 Å². The highest BCUT2D eigenvalue weighted by atomic mass is 79.9. The molecule has 10 nitrogen and oxygen atoms in total. The second-order valence-corrected chi connectivity index (χ2v) is 6.03. The van der Waals surface area contributed by atoms with E-state index in [1.165, 1.54) is 50.6 Å². The van der Waals surface area contributed by atoms with Gasteiger partial charge in [0, 0.05) is 29.6 Å². The van der Waals surface area contributed by atoms with Crippen LogP contribution in [0.2, 0.25) is 0 Å². The monoisotopic (exact) mass is 468 g/mol. The minimum Gasteiger partial charge on any atom is -0.465 e. The first-order valence-electron chi connectivity index (χ1n) is 7.91. The van der Waals surface area contributed by atoms with E-state index in [2.05, 4.69) is 25.4 Å². The predicted molar refractivity (Wildman–Crippen MR) is 106 cm³/mol. The number of rotatable bonds is 5. The van der Waals surface area contributed by atoms with Gasteiger partial charge in [0.25, 0.3) is 11.4 Å². The van der Waals surface area contributed by atoms with Gasteiger partial charge in [-0.25, -0.2) is 9.59 Å². The van der Waals surface area contributed by atoms with E-state index in [0.29, 0.717) is 27.6 Å². The van der Waals surface area contributed by atoms with Crippen molar-refractivity contribution in [3.8, 4) is 0 Å². The fourth-order valence-corrected chi connectivity index (χ4v) is 2.68. The average molecular weight is 469 g/mol. The van der Waals surface area contributed by atoms with E-state index >= 15 is 0 Å². The van der Waals surface area contributed by atoms with Gasteiger partial charge < -0.3 is 9.47 Å². The molecule has 0 saturated heterocycles. The van der Waals surface area contributed by atoms with Gasteiger partial charge in [0.15, 0.2) is 0 Å². The Bertz CT molecular complexity index is 945. The van der Waals surface area contributed by atoms with E-state index in [4.69, 9.17) is 0 Å². The summed E-state index contributed by atoms with van der Waals surface area (Å²) in [7, 11) is 2.53. The number of carbonyl (C=O) groups is 2. The molecule has 0 aliphatic heterocycles. The first kappa shape index (κ1) is 23.7. The molecule has 0 radical (unpaired) electrons. The van der Waals surface area contributed by atoms with Crippen LogP contribution in [0.4, 0.5) is 11.4 Å². The Morgan fingerprint density at radius 1 is 0.897 bits per heavy atom. The Morgan fingerprint density at radius 2 is 1.34 bits per heavy atom. The van der Waals surface area contributed by atoms with Gasteiger partial charge in [-0.1, -0.05) is 15.9 Å². The Labute approximate surface area is 173 Å². The third kappa shape index (κ3) is 6.35. The number of aryl methyl sites for hydroxylation is 1. The maximum atomic E-state index is 11.3. The lowest BCUT2D eigenvalue weighted by molar-refractivity contribution is -0.385. The number of methoxy groups -OCH3 is 2. The predicted octanol–water partition coefficient (Wildman–Crippen LogP) is 3.97. The zero-order chi connectivity index (χ0) is 22.1. The van der Waals surface area contributed by atoms with Crippen molar-refractivity contribution in [1.29, 1.82) is 0 Å². The number of esters is 2. The Kier molecular flexibility index (Phi) is 8.87. The van der Waals surface area contributed by atoms with Crippen molar-refractivity contribution in [2.24, 2.45) is 0 Å². The zero-order valence-electron chi connectivity index (χ0n) is 15.7. The molecule has 0 saturated carbocycles. The Hall–Kier alpha value is -3.34. The molecule has 0 bridgehead atoms. The summed E-state index contributed by atoms with van der Waals surface area (Å²) in [6.45, 7) is 1.62. The smallest absolute Gasteiger partial charge is 0.338 e. The molecule has 2 rings (SSSR count). The van der Waals surface area contributed by atoms with Gasteiger partial charge in [0.05, 0.1) is 35.2 Å². The lowest BCUT2D eigenvalue weighted by Gasteiger charge is -2.04. The van der Waals surface area contributed by atoms with Crippen molar-refractivity contribution >= 4 is 39.2 Å². The van der Waals surface area contributed by atoms with Crippen LogP contribution in [-0.2, 0) is 14.8 Å². The SMILES string of the molecule is COC(=O)c1ccc([N+](=O)[O-])cc1C.COC(=O)c1ccc([N+](=O)[O-])cc1CBr. The van der Waals surface area contributed by atoms with Crippen LogP contribution in [0, 0.1) is 27.2 Å². The van der Waals surface area contributed by atoms with E-state index in [0.717, 1.165) is 0 Å². The quantitative estimate of drug-likeness (QED) is 0.278. The number of nitro benzene ring substituents is 2. The van der Waals surface area contributed by atoms with Gasteiger partial charge in [-0.2, -0.15) is 0 Å². The number of hydrogen-bond acceptors (Lipinski definition) is 8. The summed E-state index contributed by atoms with van der Waals surface area (Å²) in [4.78, 5) is 42.3. The number of hydrogen-bond donors (Lipinski definition) is 0. The first-order valence-corrected chi connectivity index (χ1v) is 9.03. The van der Waals surface area contributed by atoms with Gasteiger partial charge in [-0.3, -0.25) is 20.2 Å². The van der Waals surface area contributed by atoms with Crippen LogP contribution in [0.15, 0.2) is 36.4 Å². The Balaban J connectivity index is 0.000000291. The highest BCUT2D eigenvalue weighted by molar-refractivity contribution is 9.08. The normalized spacial score (nSPS) is 9.66. The van der Waals surface area contributed by atoms with Gasteiger partial charge in [-0.15, -0.1) is 0 Å². The van der Waals surface area contributed by atoms with Crippen LogP contribution in [0.25, 0.3) is 0 Å². The fourth-order valence-electron chi connectivity index (χ4n) is 2.21. The standard InChI is InChI=1S/C9H8BrNO4.C9H9NO4/c1-15-9(12)8-3-2-7(11(13)14)4-6(8)5-10;1-6-5-7(10(12)13)3-4-8(6)9(11)14-2/h2-4H,5H2,1H3;3-5H,1-2H3. The second kappa shape index (κ2) is 10.9. The van der Waals surface area contributed by atoms with Gasteiger partial charge in [0.1, 0.15) is 0 Å². The van der Waals surface area contributed by atoms with Crippen molar-refractivity contribution < 1.29 is 28.9 Å². The molecule has 0 atom stereocenters. The summed E-state index contributed by atoms with van der Waals surface area (Å²) in [5.41, 5.74) is 1.67. The van der Waals surface area contributed by atoms with Gasteiger partial charge in [0.2, 0.25) is 0 Å². The lowest BCUT2D eigenvalue weighted by atomic mass is 10.1. The summed E-state index contributed by atoms with van der Waals surface area (Å²) in [6.07, 6.45) is 0. The summed E-state index contributed by atoms with van der Waals surface area (Å²) in [5.74, 6) is -0.989. The summed E-state index contributed by atoms with van der Waals surface area (Å²) < 4.78 is 9.06. The summed E-state index contributed by atoms with van der Waals surface area (Å²) >= 11 is 3.16. The molecule has 0 aliphatic carbocycles. The van der Waals surface area contributed by atoms with Crippen LogP contribution in [-0.4, -0.2) is 36.0 Å². The van der Waals surface area contributed by atoms with E-state index in [1.54, 1.807) is 6.92 Å². The number of carbonyl (C=O) groups excluding carboxylic acids is 2. The maximum absolute atomic E-state index is 11.3. The molecule has 11 heteroatoms. The summed E-state index contributed by atoms with van der Waals surface area (Å²) in [6, 6.07) is 8.02. The summed E-state index contributed by atoms with van der Waals surface area (Å²) in [5, 5.41) is 21.2. The molecular weight excluding hydrogens is 452 g/mol. The van der Waals surface area contributed by atoms with E-state index in [-0.39, 0.29) is 11.4 Å². The average Bonchev–Trinajstić information content (AvgIpc) is 2.72. The molecule has 0 unspecified atom stereocenters. The molecule has 0 heterocycles. The molecule has 0 spiro atoms. The number of ether oxygens (including phenoxy) is 2. The minimum absolute atomic E-state index is 0.0323. The Morgan fingerprint density at radius 3 is 1.76 bits per heavy atom. The molecule has 0 N–H and O–H groups in total. The van der Waals surface area contributed by atoms with Crippen LogP contribution >= 0.6 is 15.9 Å². The lowest BCUT2D eigenvalue weighted by Crippen LogP contribution is -2.05. The molecule has 29 heavy (non-hydrogen) atoms. The van der Waals surface area contributed by atoms with E-state index in [1.807, 2.05) is 0 Å². The van der Waals surface area contributed by atoms with E-state index < -0.39 is 21.8 Å². The van der Waals surface area contributed by atoms with Crippen molar-refractivity contribution in [2.75, 3.05) is 14.2 Å². The van der Waals surface area contributed by atoms with Gasteiger partial charge in [-0.05, 0) is 30.2 Å². The number of halogens is 1. The molecular formula is C18H17BrN2O8. The first-order chi connectivity index (χ1) is 13.7. The van der Waals surface area contributed by atoms with Crippen molar-refractivity contribution in [1.82, 2.24) is 0 Å². The number of alkyl halides is 1. The number of non-ortho nitro benzene ring substituents is 2. The van der Waals surface area contributed by atoms with Crippen LogP contribution in [0.1, 0.15) is 31.8 Å². The van der Waals surface area contributed by atoms with Gasteiger partial charge >= 0.3 is 11.9 Å². The van der Waals surface area contributed by atoms with E-state index in [9.17, 15) is 29.8 Å². The molecule has 154 valence electrons. The van der Waals surface area contributed by atoms with Crippen LogP contribution in [0.5, 0.6) is 0 Å². The largest absolute Gasteiger partial charge is 0.465 e. The third-order valence-electron chi connectivity index (χ3n) is 3.68. The molecule has 0 aromatic heterocycles. The molecule has 2 aromatic rings. The molecule has 0 aliphatic rings. The molecule has 0 amide bonds. The fraction of sp³-hybridized carbons (Fsp3) is 0.222. The third-order valence-corrected chi connectivity index (χ3v) is 4.28. The molecule has 2 aromatic carbocycles. The minimum atomic E-state index is -0.507. The highest BCUT2D eigenvalue weighted by Crippen LogP contribution is 2.21. The zero-order valence-corrected chi connectivity index (χ0v) is 17.3. The number of nitro groups is 2. The maximum Gasteiger partial charge on any atom is 0.338 e. The second-order valence-electron chi connectivity index (χ2n) is 5.47. The van der Waals surface area contributed by atoms with Crippen molar-refractivity contribution in [2.45, 2.75) is 12.3 Å². The number of nitrogens with zero attached hydrogens (tertiary/aromatic N) is 2.